The van der Waals surface area contributed by atoms with Gasteiger partial charge in [-0.05, 0) is 36.6 Å². The lowest BCUT2D eigenvalue weighted by Gasteiger charge is -2.45. The van der Waals surface area contributed by atoms with Crippen LogP contribution in [0.15, 0.2) is 54.6 Å². The Morgan fingerprint density at radius 3 is 2.29 bits per heavy atom. The molecule has 2 aromatic carbocycles. The fourth-order valence-electron chi connectivity index (χ4n) is 4.10. The average Bonchev–Trinajstić information content (AvgIpc) is 2.63. The smallest absolute Gasteiger partial charge is 0.0956 e. The van der Waals surface area contributed by atoms with Gasteiger partial charge in [0, 0.05) is 12.6 Å². The van der Waals surface area contributed by atoms with Gasteiger partial charge in [-0.2, -0.15) is 0 Å². The van der Waals surface area contributed by atoms with Crippen LogP contribution >= 0.6 is 17.0 Å². The Morgan fingerprint density at radius 2 is 1.54 bits per heavy atom. The van der Waals surface area contributed by atoms with Crippen LogP contribution in [0.3, 0.4) is 0 Å². The molecule has 2 aromatic rings. The zero-order valence-corrected chi connectivity index (χ0v) is 15.9. The Bertz CT molecular complexity index is 643. The van der Waals surface area contributed by atoms with Gasteiger partial charge in [0.15, 0.2) is 0 Å². The Labute approximate surface area is 155 Å². The topological polar surface area (TPSA) is 12.5 Å². The predicted molar refractivity (Wildman–Crippen MR) is 105 cm³/mol. The molecule has 1 saturated heterocycles. The molecule has 0 radical (unpaired) electrons. The highest BCUT2D eigenvalue weighted by Crippen LogP contribution is 2.35. The Kier molecular flexibility index (Phi) is 5.75. The molecule has 1 aliphatic carbocycles. The molecule has 0 aromatic heterocycles. The third kappa shape index (κ3) is 3.58. The monoisotopic (exact) mass is 387 g/mol. The van der Waals surface area contributed by atoms with Crippen LogP contribution in [0.25, 0.3) is 11.1 Å². The number of rotatable bonds is 2. The molecule has 2 nitrogen and oxygen atoms in total. The van der Waals surface area contributed by atoms with E-state index in [1.807, 2.05) is 0 Å². The van der Waals surface area contributed by atoms with E-state index in [0.717, 1.165) is 6.54 Å². The number of nitrogens with zero attached hydrogens (tertiary/aromatic N) is 1. The normalized spacial score (nSPS) is 27.1. The maximum atomic E-state index is 6.45. The molecule has 1 saturated carbocycles. The lowest BCUT2D eigenvalue weighted by molar-refractivity contribution is -0.128. The molecule has 3 heteroatoms. The van der Waals surface area contributed by atoms with Crippen LogP contribution in [0.4, 0.5) is 0 Å². The SMILES string of the molecule is Br.CN1CC(c2ccc(-c3ccccc3)cc2)OC2CCCCC21. The first-order valence-electron chi connectivity index (χ1n) is 8.82. The van der Waals surface area contributed by atoms with Crippen molar-refractivity contribution in [3.05, 3.63) is 60.2 Å². The Balaban J connectivity index is 0.00000169. The summed E-state index contributed by atoms with van der Waals surface area (Å²) >= 11 is 0. The van der Waals surface area contributed by atoms with E-state index in [2.05, 4.69) is 66.5 Å². The quantitative estimate of drug-likeness (QED) is 0.697. The van der Waals surface area contributed by atoms with Crippen molar-refractivity contribution in [1.29, 1.82) is 0 Å². The van der Waals surface area contributed by atoms with Gasteiger partial charge < -0.3 is 4.74 Å². The molecule has 1 aliphatic heterocycles. The van der Waals surface area contributed by atoms with Crippen LogP contribution in [0.1, 0.15) is 37.4 Å². The van der Waals surface area contributed by atoms with Gasteiger partial charge in [0.2, 0.25) is 0 Å². The van der Waals surface area contributed by atoms with Crippen LogP contribution < -0.4 is 0 Å². The summed E-state index contributed by atoms with van der Waals surface area (Å²) in [5.74, 6) is 0. The maximum Gasteiger partial charge on any atom is 0.0956 e. The fraction of sp³-hybridized carbons (Fsp3) is 0.429. The van der Waals surface area contributed by atoms with E-state index in [1.54, 1.807) is 0 Å². The molecule has 1 heterocycles. The summed E-state index contributed by atoms with van der Waals surface area (Å²) in [6.45, 7) is 1.01. The first kappa shape index (κ1) is 17.7. The van der Waals surface area contributed by atoms with Gasteiger partial charge in [-0.3, -0.25) is 4.90 Å². The minimum atomic E-state index is 0. The summed E-state index contributed by atoms with van der Waals surface area (Å²) < 4.78 is 6.45. The molecular weight excluding hydrogens is 362 g/mol. The van der Waals surface area contributed by atoms with Crippen molar-refractivity contribution in [1.82, 2.24) is 4.90 Å². The third-order valence-electron chi connectivity index (χ3n) is 5.42. The maximum absolute atomic E-state index is 6.45. The molecule has 2 aliphatic rings. The van der Waals surface area contributed by atoms with Gasteiger partial charge >= 0.3 is 0 Å². The summed E-state index contributed by atoms with van der Waals surface area (Å²) in [7, 11) is 2.26. The van der Waals surface area contributed by atoms with Crippen molar-refractivity contribution in [3.8, 4) is 11.1 Å². The first-order valence-corrected chi connectivity index (χ1v) is 8.82. The lowest BCUT2D eigenvalue weighted by Crippen LogP contribution is -2.51. The fourth-order valence-corrected chi connectivity index (χ4v) is 4.10. The van der Waals surface area contributed by atoms with Crippen molar-refractivity contribution < 1.29 is 4.74 Å². The van der Waals surface area contributed by atoms with Crippen molar-refractivity contribution in [2.45, 2.75) is 43.9 Å². The van der Waals surface area contributed by atoms with Crippen LogP contribution in [0.2, 0.25) is 0 Å². The second kappa shape index (κ2) is 7.81. The van der Waals surface area contributed by atoms with Crippen molar-refractivity contribution in [2.24, 2.45) is 0 Å². The zero-order chi connectivity index (χ0) is 15.6. The second-order valence-electron chi connectivity index (χ2n) is 6.94. The molecule has 3 atom stereocenters. The number of fused-ring (bicyclic) bond motifs is 1. The van der Waals surface area contributed by atoms with Crippen molar-refractivity contribution >= 4 is 17.0 Å². The predicted octanol–water partition coefficient (Wildman–Crippen LogP) is 5.25. The van der Waals surface area contributed by atoms with Gasteiger partial charge in [-0.1, -0.05) is 67.4 Å². The highest BCUT2D eigenvalue weighted by molar-refractivity contribution is 8.93. The number of hydrogen-bond acceptors (Lipinski definition) is 2. The molecule has 0 spiro atoms. The van der Waals surface area contributed by atoms with E-state index >= 15 is 0 Å². The number of likely N-dealkylation sites (N-methyl/N-ethyl adjacent to an activating group) is 1. The van der Waals surface area contributed by atoms with Gasteiger partial charge in [-0.25, -0.2) is 0 Å². The molecule has 128 valence electrons. The third-order valence-corrected chi connectivity index (χ3v) is 5.42. The van der Waals surface area contributed by atoms with E-state index in [9.17, 15) is 0 Å². The van der Waals surface area contributed by atoms with Crippen LogP contribution in [0, 0.1) is 0 Å². The minimum Gasteiger partial charge on any atom is -0.367 e. The Morgan fingerprint density at radius 1 is 0.875 bits per heavy atom. The van der Waals surface area contributed by atoms with Crippen molar-refractivity contribution in [3.63, 3.8) is 0 Å². The van der Waals surface area contributed by atoms with Gasteiger partial charge in [0.25, 0.3) is 0 Å². The van der Waals surface area contributed by atoms with Crippen LogP contribution in [-0.4, -0.2) is 30.6 Å². The number of ether oxygens (including phenoxy) is 1. The summed E-state index contributed by atoms with van der Waals surface area (Å²) in [5, 5.41) is 0. The summed E-state index contributed by atoms with van der Waals surface area (Å²) in [6.07, 6.45) is 5.81. The average molecular weight is 388 g/mol. The van der Waals surface area contributed by atoms with E-state index in [0.29, 0.717) is 12.1 Å². The number of hydrogen-bond donors (Lipinski definition) is 0. The van der Waals surface area contributed by atoms with Crippen LogP contribution in [-0.2, 0) is 4.74 Å². The van der Waals surface area contributed by atoms with Crippen LogP contribution in [0.5, 0.6) is 0 Å². The molecule has 4 rings (SSSR count). The largest absolute Gasteiger partial charge is 0.367 e. The summed E-state index contributed by atoms with van der Waals surface area (Å²) in [5.41, 5.74) is 3.85. The molecule has 0 amide bonds. The number of halogens is 1. The zero-order valence-electron chi connectivity index (χ0n) is 14.2. The highest BCUT2D eigenvalue weighted by Gasteiger charge is 2.36. The molecule has 2 fully saturated rings. The van der Waals surface area contributed by atoms with Gasteiger partial charge in [0.05, 0.1) is 12.2 Å². The van der Waals surface area contributed by atoms with E-state index in [4.69, 9.17) is 4.74 Å². The summed E-state index contributed by atoms with van der Waals surface area (Å²) in [6, 6.07) is 20.1. The molecular formula is C21H26BrNO. The molecule has 3 unspecified atom stereocenters. The lowest BCUT2D eigenvalue weighted by atomic mass is 9.89. The van der Waals surface area contributed by atoms with Gasteiger partial charge in [0.1, 0.15) is 0 Å². The second-order valence-corrected chi connectivity index (χ2v) is 6.94. The van der Waals surface area contributed by atoms with E-state index in [1.165, 1.54) is 42.4 Å². The van der Waals surface area contributed by atoms with E-state index < -0.39 is 0 Å². The number of morpholine rings is 1. The molecule has 0 N–H and O–H groups in total. The van der Waals surface area contributed by atoms with Gasteiger partial charge in [-0.15, -0.1) is 17.0 Å². The Hall–Kier alpha value is -1.16. The first-order chi connectivity index (χ1) is 11.3. The summed E-state index contributed by atoms with van der Waals surface area (Å²) in [4.78, 5) is 2.52. The number of benzene rings is 2. The standard InChI is InChI=1S/C21H25NO.BrH/c1-22-15-21(23-20-10-6-5-9-19(20)22)18-13-11-17(12-14-18)16-7-3-2-4-8-16;/h2-4,7-8,11-14,19-21H,5-6,9-10,15H2,1H3;1H. The molecule has 24 heavy (non-hydrogen) atoms. The minimum absolute atomic E-state index is 0. The molecule has 0 bridgehead atoms. The highest BCUT2D eigenvalue weighted by atomic mass is 79.9. The van der Waals surface area contributed by atoms with E-state index in [-0.39, 0.29) is 23.1 Å². The van der Waals surface area contributed by atoms with Crippen molar-refractivity contribution in [2.75, 3.05) is 13.6 Å².